The van der Waals surface area contributed by atoms with Crippen molar-refractivity contribution in [3.05, 3.63) is 54.3 Å². The van der Waals surface area contributed by atoms with Gasteiger partial charge in [-0.3, -0.25) is 4.79 Å². The standard InChI is InChI=1S/C18H16N2O3/c19-12-4-8-14(9-5-12)22-15-3-1-2-11-10-16(23-17(11)15)18(21)20-13-6-7-13/h1-5,8-10,13H,6-7,19H2,(H,20,21). The number of nitrogens with one attached hydrogen (secondary N) is 1. The number of benzene rings is 2. The van der Waals surface area contributed by atoms with E-state index in [9.17, 15) is 4.79 Å². The minimum atomic E-state index is -0.179. The second-order valence-electron chi connectivity index (χ2n) is 5.70. The molecule has 1 saturated carbocycles. The van der Waals surface area contributed by atoms with Gasteiger partial charge in [0.2, 0.25) is 0 Å². The summed E-state index contributed by atoms with van der Waals surface area (Å²) in [5.41, 5.74) is 6.91. The smallest absolute Gasteiger partial charge is 0.287 e. The first kappa shape index (κ1) is 13.7. The SMILES string of the molecule is Nc1ccc(Oc2cccc3cc(C(=O)NC4CC4)oc23)cc1. The van der Waals surface area contributed by atoms with Gasteiger partial charge in [-0.1, -0.05) is 12.1 Å². The second-order valence-corrected chi connectivity index (χ2v) is 5.70. The predicted octanol–water partition coefficient (Wildman–Crippen LogP) is 3.70. The summed E-state index contributed by atoms with van der Waals surface area (Å²) in [6.45, 7) is 0. The van der Waals surface area contributed by atoms with Crippen molar-refractivity contribution in [2.75, 3.05) is 5.73 Å². The van der Waals surface area contributed by atoms with Crippen LogP contribution in [0.1, 0.15) is 23.4 Å². The first-order valence-electron chi connectivity index (χ1n) is 7.56. The average Bonchev–Trinajstić information content (AvgIpc) is 3.24. The molecule has 116 valence electrons. The first-order valence-corrected chi connectivity index (χ1v) is 7.56. The molecule has 4 rings (SSSR count). The van der Waals surface area contributed by atoms with Crippen LogP contribution in [0.4, 0.5) is 5.69 Å². The van der Waals surface area contributed by atoms with Crippen molar-refractivity contribution in [3.8, 4) is 11.5 Å². The molecule has 1 aromatic heterocycles. The van der Waals surface area contributed by atoms with Crippen LogP contribution in [0.15, 0.2) is 52.9 Å². The quantitative estimate of drug-likeness (QED) is 0.720. The number of carbonyl (C=O) groups is 1. The Balaban J connectivity index is 1.65. The normalized spacial score (nSPS) is 13.9. The maximum absolute atomic E-state index is 12.1. The average molecular weight is 308 g/mol. The van der Waals surface area contributed by atoms with Crippen molar-refractivity contribution in [2.45, 2.75) is 18.9 Å². The summed E-state index contributed by atoms with van der Waals surface area (Å²) in [5.74, 6) is 1.35. The van der Waals surface area contributed by atoms with Crippen molar-refractivity contribution in [1.82, 2.24) is 5.32 Å². The monoisotopic (exact) mass is 308 g/mol. The zero-order chi connectivity index (χ0) is 15.8. The molecule has 0 bridgehead atoms. The molecule has 1 amide bonds. The van der Waals surface area contributed by atoms with Gasteiger partial charge in [-0.15, -0.1) is 0 Å². The molecule has 2 aromatic carbocycles. The van der Waals surface area contributed by atoms with E-state index in [1.807, 2.05) is 18.2 Å². The molecule has 23 heavy (non-hydrogen) atoms. The third-order valence-corrected chi connectivity index (χ3v) is 3.75. The highest BCUT2D eigenvalue weighted by atomic mass is 16.5. The Kier molecular flexibility index (Phi) is 3.19. The Morgan fingerprint density at radius 2 is 1.96 bits per heavy atom. The van der Waals surface area contributed by atoms with Crippen LogP contribution >= 0.6 is 0 Å². The summed E-state index contributed by atoms with van der Waals surface area (Å²) >= 11 is 0. The van der Waals surface area contributed by atoms with Crippen LogP contribution in [0.2, 0.25) is 0 Å². The molecule has 0 saturated heterocycles. The fraction of sp³-hybridized carbons (Fsp3) is 0.167. The summed E-state index contributed by atoms with van der Waals surface area (Å²) < 4.78 is 11.6. The van der Waals surface area contributed by atoms with Gasteiger partial charge >= 0.3 is 0 Å². The number of ether oxygens (including phenoxy) is 1. The molecule has 5 nitrogen and oxygen atoms in total. The van der Waals surface area contributed by atoms with Gasteiger partial charge in [0.15, 0.2) is 17.1 Å². The molecule has 0 spiro atoms. The fourth-order valence-corrected chi connectivity index (χ4v) is 2.38. The van der Waals surface area contributed by atoms with Gasteiger partial charge in [0.1, 0.15) is 5.75 Å². The summed E-state index contributed by atoms with van der Waals surface area (Å²) in [5, 5.41) is 3.75. The van der Waals surface area contributed by atoms with Crippen LogP contribution in [0.25, 0.3) is 11.0 Å². The van der Waals surface area contributed by atoms with Gasteiger partial charge in [-0.2, -0.15) is 0 Å². The lowest BCUT2D eigenvalue weighted by atomic mass is 10.2. The maximum Gasteiger partial charge on any atom is 0.287 e. The highest BCUT2D eigenvalue weighted by Gasteiger charge is 2.25. The van der Waals surface area contributed by atoms with Crippen molar-refractivity contribution < 1.29 is 13.9 Å². The molecule has 1 heterocycles. The predicted molar refractivity (Wildman–Crippen MR) is 87.6 cm³/mol. The summed E-state index contributed by atoms with van der Waals surface area (Å²) in [6.07, 6.45) is 2.08. The minimum Gasteiger partial charge on any atom is -0.453 e. The maximum atomic E-state index is 12.1. The van der Waals surface area contributed by atoms with Crippen LogP contribution < -0.4 is 15.8 Å². The summed E-state index contributed by atoms with van der Waals surface area (Å²) in [6, 6.07) is 14.7. The Morgan fingerprint density at radius 3 is 2.70 bits per heavy atom. The molecule has 3 aromatic rings. The van der Waals surface area contributed by atoms with E-state index >= 15 is 0 Å². The van der Waals surface area contributed by atoms with Crippen molar-refractivity contribution >= 4 is 22.6 Å². The number of hydrogen-bond donors (Lipinski definition) is 2. The second kappa shape index (κ2) is 5.35. The molecule has 1 aliphatic carbocycles. The topological polar surface area (TPSA) is 77.5 Å². The van der Waals surface area contributed by atoms with Gasteiger partial charge in [0.05, 0.1) is 0 Å². The number of furan rings is 1. The number of carbonyl (C=O) groups excluding carboxylic acids is 1. The van der Waals surface area contributed by atoms with Crippen LogP contribution in [0.5, 0.6) is 11.5 Å². The van der Waals surface area contributed by atoms with Gasteiger partial charge in [0, 0.05) is 17.1 Å². The molecule has 1 aliphatic rings. The molecule has 0 radical (unpaired) electrons. The molecular weight excluding hydrogens is 292 g/mol. The van der Waals surface area contributed by atoms with Crippen LogP contribution in [0.3, 0.4) is 0 Å². The third kappa shape index (κ3) is 2.85. The van der Waals surface area contributed by atoms with E-state index in [4.69, 9.17) is 14.9 Å². The Hall–Kier alpha value is -2.95. The van der Waals surface area contributed by atoms with Gasteiger partial charge < -0.3 is 20.2 Å². The highest BCUT2D eigenvalue weighted by molar-refractivity contribution is 5.97. The van der Waals surface area contributed by atoms with E-state index in [1.165, 1.54) is 0 Å². The van der Waals surface area contributed by atoms with E-state index in [0.717, 1.165) is 18.2 Å². The van der Waals surface area contributed by atoms with Crippen LogP contribution in [-0.2, 0) is 0 Å². The van der Waals surface area contributed by atoms with E-state index in [-0.39, 0.29) is 5.91 Å². The van der Waals surface area contributed by atoms with Crippen molar-refractivity contribution in [1.29, 1.82) is 0 Å². The number of rotatable bonds is 4. The molecule has 0 atom stereocenters. The van der Waals surface area contributed by atoms with E-state index in [1.54, 1.807) is 30.3 Å². The summed E-state index contributed by atoms with van der Waals surface area (Å²) in [7, 11) is 0. The van der Waals surface area contributed by atoms with Crippen LogP contribution in [-0.4, -0.2) is 11.9 Å². The molecular formula is C18H16N2O3. The number of amides is 1. The van der Waals surface area contributed by atoms with E-state index < -0.39 is 0 Å². The largest absolute Gasteiger partial charge is 0.453 e. The number of nitrogens with two attached hydrogens (primary N) is 1. The van der Waals surface area contributed by atoms with Crippen molar-refractivity contribution in [2.24, 2.45) is 0 Å². The van der Waals surface area contributed by atoms with E-state index in [0.29, 0.717) is 34.6 Å². The van der Waals surface area contributed by atoms with E-state index in [2.05, 4.69) is 5.32 Å². The van der Waals surface area contributed by atoms with Gasteiger partial charge in [0.25, 0.3) is 5.91 Å². The zero-order valence-electron chi connectivity index (χ0n) is 12.4. The molecule has 0 aliphatic heterocycles. The Morgan fingerprint density at radius 1 is 1.17 bits per heavy atom. The number of anilines is 1. The Labute approximate surface area is 133 Å². The lowest BCUT2D eigenvalue weighted by Crippen LogP contribution is -2.24. The lowest BCUT2D eigenvalue weighted by molar-refractivity contribution is 0.0925. The Bertz CT molecular complexity index is 864. The summed E-state index contributed by atoms with van der Waals surface area (Å²) in [4.78, 5) is 12.1. The molecule has 0 unspecified atom stereocenters. The molecule has 5 heteroatoms. The van der Waals surface area contributed by atoms with Gasteiger partial charge in [-0.25, -0.2) is 0 Å². The van der Waals surface area contributed by atoms with Crippen molar-refractivity contribution in [3.63, 3.8) is 0 Å². The highest BCUT2D eigenvalue weighted by Crippen LogP contribution is 2.32. The first-order chi connectivity index (χ1) is 11.2. The lowest BCUT2D eigenvalue weighted by Gasteiger charge is -2.06. The number of fused-ring (bicyclic) bond motifs is 1. The third-order valence-electron chi connectivity index (χ3n) is 3.75. The molecule has 1 fully saturated rings. The minimum absolute atomic E-state index is 0.179. The molecule has 3 N–H and O–H groups in total. The number of nitrogen functional groups attached to an aromatic ring is 1. The number of hydrogen-bond acceptors (Lipinski definition) is 4. The number of para-hydroxylation sites is 1. The van der Waals surface area contributed by atoms with Gasteiger partial charge in [-0.05, 0) is 49.2 Å². The fourth-order valence-electron chi connectivity index (χ4n) is 2.38. The van der Waals surface area contributed by atoms with Crippen LogP contribution in [0, 0.1) is 0 Å². The zero-order valence-corrected chi connectivity index (χ0v) is 12.4.